The van der Waals surface area contributed by atoms with Crippen LogP contribution in [0.4, 0.5) is 17.3 Å². The Morgan fingerprint density at radius 2 is 1.95 bits per heavy atom. The lowest BCUT2D eigenvalue weighted by Crippen LogP contribution is -2.39. The maximum atomic E-state index is 13.9. The molecule has 6 rings (SSSR count). The van der Waals surface area contributed by atoms with Crippen LogP contribution in [0.15, 0.2) is 30.3 Å². The lowest BCUT2D eigenvalue weighted by atomic mass is 9.98. The Morgan fingerprint density at radius 3 is 2.68 bits per heavy atom. The molecule has 3 aromatic rings. The van der Waals surface area contributed by atoms with Gasteiger partial charge in [-0.3, -0.25) is 14.4 Å². The molecule has 2 aromatic heterocycles. The number of ether oxygens (including phenoxy) is 1. The van der Waals surface area contributed by atoms with Gasteiger partial charge in [-0.25, -0.2) is 18.5 Å². The number of hydrogen-bond acceptors (Lipinski definition) is 10. The van der Waals surface area contributed by atoms with Gasteiger partial charge < -0.3 is 19.6 Å². The number of nitrogens with one attached hydrogen (secondary N) is 1. The summed E-state index contributed by atoms with van der Waals surface area (Å²) < 4.78 is 33.8. The van der Waals surface area contributed by atoms with Gasteiger partial charge in [0.05, 0.1) is 55.1 Å². The summed E-state index contributed by atoms with van der Waals surface area (Å²) in [4.78, 5) is 28.3. The third-order valence-corrected chi connectivity index (χ3v) is 8.24. The van der Waals surface area contributed by atoms with Crippen LogP contribution in [0.5, 0.6) is 0 Å². The molecule has 13 nitrogen and oxygen atoms in total. The minimum absolute atomic E-state index is 0.176. The number of hydroxylamine groups is 1. The number of aliphatic hydroxyl groups excluding tert-OH is 1. The monoisotopic (exact) mass is 605 g/mol. The van der Waals surface area contributed by atoms with Crippen molar-refractivity contribution in [3.63, 3.8) is 0 Å². The van der Waals surface area contributed by atoms with Crippen LogP contribution in [0.2, 0.25) is 5.02 Å². The van der Waals surface area contributed by atoms with E-state index in [9.17, 15) is 18.3 Å². The molecule has 0 bridgehead atoms. The van der Waals surface area contributed by atoms with Crippen LogP contribution < -0.4 is 14.7 Å². The number of hydrogen-bond donors (Lipinski definition) is 2. The minimum Gasteiger partial charge on any atom is -0.389 e. The predicted molar refractivity (Wildman–Crippen MR) is 153 cm³/mol. The number of amides is 1. The zero-order valence-corrected chi connectivity index (χ0v) is 24.1. The number of fused-ring (bicyclic) bond motifs is 1. The van der Waals surface area contributed by atoms with E-state index in [1.807, 2.05) is 12.1 Å². The topological polar surface area (TPSA) is 142 Å². The van der Waals surface area contributed by atoms with Crippen LogP contribution in [-0.4, -0.2) is 97.3 Å². The Morgan fingerprint density at radius 1 is 1.15 bits per heavy atom. The summed E-state index contributed by atoms with van der Waals surface area (Å²) >= 11 is 6.23. The molecule has 0 unspecified atom stereocenters. The van der Waals surface area contributed by atoms with E-state index < -0.39 is 16.1 Å². The Hall–Kier alpha value is -3.17. The van der Waals surface area contributed by atoms with Crippen molar-refractivity contribution in [2.75, 3.05) is 66.9 Å². The van der Waals surface area contributed by atoms with Crippen molar-refractivity contribution >= 4 is 50.5 Å². The molecule has 1 amide bonds. The number of sulfonamides is 1. The van der Waals surface area contributed by atoms with E-state index in [2.05, 4.69) is 9.62 Å². The van der Waals surface area contributed by atoms with Crippen LogP contribution in [0.3, 0.4) is 0 Å². The molecule has 5 heterocycles. The molecule has 2 N–H and O–H groups in total. The SMILES string of the molecule is CS(=O)(=O)Nc1ccc(Cl)cc1C(=O)N1CCCC[C@H]1c1cc2nc(N3C[C@H](O)CO3)cc(N3CCOCC3)n2n1. The van der Waals surface area contributed by atoms with Crippen LogP contribution in [0.1, 0.15) is 41.4 Å². The Labute approximate surface area is 242 Å². The van der Waals surface area contributed by atoms with Gasteiger partial charge in [-0.15, -0.1) is 0 Å². The summed E-state index contributed by atoms with van der Waals surface area (Å²) in [5, 5.41) is 16.9. The van der Waals surface area contributed by atoms with Gasteiger partial charge in [0.25, 0.3) is 5.91 Å². The lowest BCUT2D eigenvalue weighted by molar-refractivity contribution is 0.0606. The summed E-state index contributed by atoms with van der Waals surface area (Å²) in [5.41, 5.74) is 1.62. The third kappa shape index (κ3) is 5.93. The van der Waals surface area contributed by atoms with Crippen LogP contribution in [0.25, 0.3) is 5.65 Å². The van der Waals surface area contributed by atoms with Gasteiger partial charge in [-0.05, 0) is 37.5 Å². The molecule has 0 aliphatic carbocycles. The van der Waals surface area contributed by atoms with E-state index in [4.69, 9.17) is 31.3 Å². The lowest BCUT2D eigenvalue weighted by Gasteiger charge is -2.35. The number of aromatic nitrogens is 3. The molecule has 0 saturated carbocycles. The Kier molecular flexibility index (Phi) is 7.68. The average Bonchev–Trinajstić information content (AvgIpc) is 3.59. The van der Waals surface area contributed by atoms with Crippen LogP contribution in [-0.2, 0) is 19.6 Å². The number of β-amino-alcohol motifs (C(OH)–C–C–N with tert-alkyl or cyclic N) is 1. The van der Waals surface area contributed by atoms with Gasteiger partial charge in [0.15, 0.2) is 11.5 Å². The summed E-state index contributed by atoms with van der Waals surface area (Å²) in [7, 11) is -3.62. The third-order valence-electron chi connectivity index (χ3n) is 7.42. The van der Waals surface area contributed by atoms with E-state index in [1.54, 1.807) is 20.5 Å². The number of anilines is 3. The fourth-order valence-corrected chi connectivity index (χ4v) is 6.27. The molecule has 3 fully saturated rings. The molecule has 0 spiro atoms. The number of halogens is 1. The first-order chi connectivity index (χ1) is 19.7. The molecule has 3 aliphatic heterocycles. The van der Waals surface area contributed by atoms with Crippen molar-refractivity contribution in [3.8, 4) is 0 Å². The normalized spacial score (nSPS) is 22.0. The maximum Gasteiger partial charge on any atom is 0.256 e. The minimum atomic E-state index is -3.62. The molecular formula is C26H32ClN7O6S. The number of nitrogens with zero attached hydrogens (tertiary/aromatic N) is 6. The number of carbonyl (C=O) groups is 1. The fraction of sp³-hybridized carbons (Fsp3) is 0.500. The van der Waals surface area contributed by atoms with Crippen molar-refractivity contribution in [1.82, 2.24) is 19.5 Å². The van der Waals surface area contributed by atoms with Gasteiger partial charge in [-0.2, -0.15) is 9.61 Å². The van der Waals surface area contributed by atoms with Crippen molar-refractivity contribution in [2.45, 2.75) is 31.4 Å². The summed E-state index contributed by atoms with van der Waals surface area (Å²) in [6, 6.07) is 7.95. The molecule has 0 radical (unpaired) electrons. The highest BCUT2D eigenvalue weighted by atomic mass is 35.5. The van der Waals surface area contributed by atoms with E-state index in [-0.39, 0.29) is 29.8 Å². The molecule has 2 atom stereocenters. The van der Waals surface area contributed by atoms with Gasteiger partial charge >= 0.3 is 0 Å². The summed E-state index contributed by atoms with van der Waals surface area (Å²) in [6.45, 7) is 3.51. The van der Waals surface area contributed by atoms with Gasteiger partial charge in [0.2, 0.25) is 10.0 Å². The van der Waals surface area contributed by atoms with E-state index >= 15 is 0 Å². The van der Waals surface area contributed by atoms with Crippen molar-refractivity contribution in [3.05, 3.63) is 46.6 Å². The maximum absolute atomic E-state index is 13.9. The highest BCUT2D eigenvalue weighted by Gasteiger charge is 2.33. The van der Waals surface area contributed by atoms with Gasteiger partial charge in [-0.1, -0.05) is 11.6 Å². The standard InChI is InChI=1S/C26H32ClN7O6S/c1-41(37,38)30-20-6-5-17(27)12-19(20)26(36)32-7-3-2-4-22(32)21-13-24-28-23(33-15-18(35)16-40-33)14-25(34(24)29-21)31-8-10-39-11-9-31/h5-6,12-14,18,22,30,35H,2-4,7-11,15-16H2,1H3/t18-,22-/m0/s1. The number of piperidine rings is 1. The average molecular weight is 606 g/mol. The molecule has 15 heteroatoms. The number of benzene rings is 1. The molecule has 3 aliphatic rings. The molecule has 3 saturated heterocycles. The molecule has 220 valence electrons. The van der Waals surface area contributed by atoms with E-state index in [0.29, 0.717) is 68.0 Å². The largest absolute Gasteiger partial charge is 0.389 e. The van der Waals surface area contributed by atoms with Crippen molar-refractivity contribution < 1.29 is 27.9 Å². The second-order valence-electron chi connectivity index (χ2n) is 10.5. The fourth-order valence-electron chi connectivity index (χ4n) is 5.52. The quantitative estimate of drug-likeness (QED) is 0.429. The second kappa shape index (κ2) is 11.2. The first-order valence-electron chi connectivity index (χ1n) is 13.6. The highest BCUT2D eigenvalue weighted by molar-refractivity contribution is 7.92. The summed E-state index contributed by atoms with van der Waals surface area (Å²) in [6.07, 6.45) is 2.83. The zero-order valence-electron chi connectivity index (χ0n) is 22.6. The molecular weight excluding hydrogens is 574 g/mol. The number of aliphatic hydroxyl groups is 1. The number of morpholine rings is 1. The van der Waals surface area contributed by atoms with E-state index in [1.165, 1.54) is 12.1 Å². The second-order valence-corrected chi connectivity index (χ2v) is 12.7. The first kappa shape index (κ1) is 28.0. The van der Waals surface area contributed by atoms with Crippen molar-refractivity contribution in [1.29, 1.82) is 0 Å². The number of rotatable bonds is 6. The van der Waals surface area contributed by atoms with Crippen molar-refractivity contribution in [2.24, 2.45) is 0 Å². The van der Waals surface area contributed by atoms with Crippen LogP contribution in [0, 0.1) is 0 Å². The van der Waals surface area contributed by atoms with Gasteiger partial charge in [0, 0.05) is 36.8 Å². The highest BCUT2D eigenvalue weighted by Crippen LogP contribution is 2.35. The number of likely N-dealkylation sites (tertiary alicyclic amines) is 1. The van der Waals surface area contributed by atoms with E-state index in [0.717, 1.165) is 24.9 Å². The Balaban J connectivity index is 1.39. The van der Waals surface area contributed by atoms with Crippen LogP contribution >= 0.6 is 11.6 Å². The smallest absolute Gasteiger partial charge is 0.256 e. The predicted octanol–water partition coefficient (Wildman–Crippen LogP) is 2.07. The summed E-state index contributed by atoms with van der Waals surface area (Å²) in [5.74, 6) is 1.05. The first-order valence-corrected chi connectivity index (χ1v) is 15.8. The Bertz CT molecular complexity index is 1560. The number of carbonyl (C=O) groups excluding carboxylic acids is 1. The van der Waals surface area contributed by atoms with Gasteiger partial charge in [0.1, 0.15) is 12.4 Å². The zero-order chi connectivity index (χ0) is 28.7. The molecule has 1 aromatic carbocycles. The molecule has 41 heavy (non-hydrogen) atoms.